The molecule has 2 nitrogen and oxygen atoms in total. The van der Waals surface area contributed by atoms with E-state index < -0.39 is 0 Å². The minimum absolute atomic E-state index is 0.762. The topological polar surface area (TPSA) is 38.9 Å². The summed E-state index contributed by atoms with van der Waals surface area (Å²) in [6, 6.07) is 1.99. The highest BCUT2D eigenvalue weighted by atomic mass is 32.2. The fourth-order valence-electron chi connectivity index (χ4n) is 0.652. The Morgan fingerprint density at radius 1 is 1.60 bits per heavy atom. The Morgan fingerprint density at radius 2 is 2.30 bits per heavy atom. The molecule has 1 aromatic rings. The first-order valence-corrected chi connectivity index (χ1v) is 4.22. The van der Waals surface area contributed by atoms with Gasteiger partial charge in [0, 0.05) is 0 Å². The lowest BCUT2D eigenvalue weighted by atomic mass is 10.3. The molecule has 54 valence electrons. The number of pyridine rings is 1. The number of anilines is 1. The summed E-state index contributed by atoms with van der Waals surface area (Å²) >= 11 is 1.62. The number of nitrogens with zero attached hydrogens (tertiary/aromatic N) is 1. The Hall–Kier alpha value is -0.700. The Morgan fingerprint density at radius 3 is 2.80 bits per heavy atom. The van der Waals surface area contributed by atoms with Crippen molar-refractivity contribution in [2.45, 2.75) is 11.9 Å². The summed E-state index contributed by atoms with van der Waals surface area (Å²) in [5, 5.41) is 1.02. The molecule has 0 amide bonds. The van der Waals surface area contributed by atoms with Crippen molar-refractivity contribution in [1.29, 1.82) is 0 Å². The van der Waals surface area contributed by atoms with Crippen LogP contribution < -0.4 is 5.73 Å². The normalized spacial score (nSPS) is 9.80. The molecule has 10 heavy (non-hydrogen) atoms. The number of thioether (sulfide) groups is 1. The molecule has 2 N–H and O–H groups in total. The number of aromatic nitrogens is 1. The minimum Gasteiger partial charge on any atom is -0.397 e. The van der Waals surface area contributed by atoms with Crippen molar-refractivity contribution in [3.05, 3.63) is 17.8 Å². The second kappa shape index (κ2) is 2.92. The Labute approximate surface area is 64.8 Å². The van der Waals surface area contributed by atoms with Gasteiger partial charge in [0.1, 0.15) is 0 Å². The molecule has 0 radical (unpaired) electrons. The first-order valence-electron chi connectivity index (χ1n) is 3.00. The van der Waals surface area contributed by atoms with E-state index in [2.05, 4.69) is 4.98 Å². The van der Waals surface area contributed by atoms with Gasteiger partial charge in [0.15, 0.2) is 0 Å². The average Bonchev–Trinajstić information content (AvgIpc) is 1.95. The van der Waals surface area contributed by atoms with E-state index >= 15 is 0 Å². The van der Waals surface area contributed by atoms with Crippen LogP contribution in [0.3, 0.4) is 0 Å². The Bertz CT molecular complexity index is 235. The van der Waals surface area contributed by atoms with E-state index in [9.17, 15) is 0 Å². The lowest BCUT2D eigenvalue weighted by Gasteiger charge is -1.99. The third-order valence-corrected chi connectivity index (χ3v) is 1.98. The molecule has 1 rings (SSSR count). The largest absolute Gasteiger partial charge is 0.397 e. The maximum Gasteiger partial charge on any atom is 0.0961 e. The SMILES string of the molecule is CSc1cc(C)c(N)cn1. The summed E-state index contributed by atoms with van der Waals surface area (Å²) in [4.78, 5) is 4.10. The predicted molar refractivity (Wildman–Crippen MR) is 45.2 cm³/mol. The second-order valence-corrected chi connectivity index (χ2v) is 2.91. The van der Waals surface area contributed by atoms with Crippen molar-refractivity contribution in [3.8, 4) is 0 Å². The van der Waals surface area contributed by atoms with Crippen LogP contribution in [-0.4, -0.2) is 11.2 Å². The molecule has 0 aliphatic rings. The Balaban J connectivity index is 3.04. The van der Waals surface area contributed by atoms with Crippen LogP contribution in [0.1, 0.15) is 5.56 Å². The quantitative estimate of drug-likeness (QED) is 0.626. The molecule has 0 saturated heterocycles. The van der Waals surface area contributed by atoms with E-state index in [1.165, 1.54) is 0 Å². The van der Waals surface area contributed by atoms with E-state index in [1.54, 1.807) is 18.0 Å². The van der Waals surface area contributed by atoms with Gasteiger partial charge in [0.25, 0.3) is 0 Å². The fraction of sp³-hybridized carbons (Fsp3) is 0.286. The summed E-state index contributed by atoms with van der Waals surface area (Å²) in [6.45, 7) is 1.98. The molecule has 0 atom stereocenters. The second-order valence-electron chi connectivity index (χ2n) is 2.08. The highest BCUT2D eigenvalue weighted by molar-refractivity contribution is 7.98. The van der Waals surface area contributed by atoms with Crippen molar-refractivity contribution >= 4 is 17.4 Å². The van der Waals surface area contributed by atoms with Gasteiger partial charge in [-0.3, -0.25) is 0 Å². The minimum atomic E-state index is 0.762. The fourth-order valence-corrected chi connectivity index (χ4v) is 1.11. The molecule has 0 spiro atoms. The van der Waals surface area contributed by atoms with Crippen LogP contribution in [-0.2, 0) is 0 Å². The molecule has 0 aromatic carbocycles. The molecular weight excluding hydrogens is 144 g/mol. The van der Waals surface area contributed by atoms with Crippen molar-refractivity contribution in [1.82, 2.24) is 4.98 Å². The molecule has 0 bridgehead atoms. The van der Waals surface area contributed by atoms with Crippen LogP contribution in [0, 0.1) is 6.92 Å². The van der Waals surface area contributed by atoms with Gasteiger partial charge in [0.05, 0.1) is 16.9 Å². The van der Waals surface area contributed by atoms with E-state index in [0.29, 0.717) is 0 Å². The van der Waals surface area contributed by atoms with Crippen LogP contribution in [0.15, 0.2) is 17.3 Å². The molecule has 1 aromatic heterocycles. The summed E-state index contributed by atoms with van der Waals surface area (Å²) in [7, 11) is 0. The van der Waals surface area contributed by atoms with Gasteiger partial charge >= 0.3 is 0 Å². The summed E-state index contributed by atoms with van der Waals surface area (Å²) < 4.78 is 0. The Kier molecular flexibility index (Phi) is 2.17. The van der Waals surface area contributed by atoms with Crippen LogP contribution >= 0.6 is 11.8 Å². The van der Waals surface area contributed by atoms with Crippen molar-refractivity contribution < 1.29 is 0 Å². The number of nitrogens with two attached hydrogens (primary N) is 1. The third-order valence-electron chi connectivity index (χ3n) is 1.34. The van der Waals surface area contributed by atoms with Crippen molar-refractivity contribution in [2.75, 3.05) is 12.0 Å². The molecule has 3 heteroatoms. The van der Waals surface area contributed by atoms with E-state index in [0.717, 1.165) is 16.3 Å². The van der Waals surface area contributed by atoms with Crippen LogP contribution in [0.25, 0.3) is 0 Å². The molecule has 0 unspecified atom stereocenters. The smallest absolute Gasteiger partial charge is 0.0961 e. The van der Waals surface area contributed by atoms with Gasteiger partial charge in [-0.15, -0.1) is 11.8 Å². The standard InChI is InChI=1S/C7H10N2S/c1-5-3-7(10-2)9-4-6(5)8/h3-4H,8H2,1-2H3. The maximum absolute atomic E-state index is 5.57. The van der Waals surface area contributed by atoms with Gasteiger partial charge in [-0.05, 0) is 24.8 Å². The molecule has 0 saturated carbocycles. The average molecular weight is 154 g/mol. The zero-order chi connectivity index (χ0) is 7.56. The molecule has 0 fully saturated rings. The highest BCUT2D eigenvalue weighted by Gasteiger charge is 1.94. The number of aryl methyl sites for hydroxylation is 1. The zero-order valence-corrected chi connectivity index (χ0v) is 6.90. The van der Waals surface area contributed by atoms with Gasteiger partial charge in [-0.1, -0.05) is 0 Å². The number of hydrogen-bond acceptors (Lipinski definition) is 3. The van der Waals surface area contributed by atoms with Gasteiger partial charge in [-0.25, -0.2) is 4.98 Å². The first kappa shape index (κ1) is 7.41. The summed E-state index contributed by atoms with van der Waals surface area (Å²) in [5.41, 5.74) is 7.43. The van der Waals surface area contributed by atoms with Crippen molar-refractivity contribution in [2.24, 2.45) is 0 Å². The monoisotopic (exact) mass is 154 g/mol. The van der Waals surface area contributed by atoms with Gasteiger partial charge < -0.3 is 5.73 Å². The van der Waals surface area contributed by atoms with Crippen LogP contribution in [0.5, 0.6) is 0 Å². The number of nitrogen functional groups attached to an aromatic ring is 1. The van der Waals surface area contributed by atoms with Crippen LogP contribution in [0.4, 0.5) is 5.69 Å². The zero-order valence-electron chi connectivity index (χ0n) is 6.09. The lowest BCUT2D eigenvalue weighted by molar-refractivity contribution is 1.12. The summed E-state index contributed by atoms with van der Waals surface area (Å²) in [5.74, 6) is 0. The maximum atomic E-state index is 5.57. The van der Waals surface area contributed by atoms with Crippen LogP contribution in [0.2, 0.25) is 0 Å². The third kappa shape index (κ3) is 1.42. The molecular formula is C7H10N2S. The van der Waals surface area contributed by atoms with E-state index in [1.807, 2.05) is 19.2 Å². The lowest BCUT2D eigenvalue weighted by Crippen LogP contribution is -1.91. The number of rotatable bonds is 1. The van der Waals surface area contributed by atoms with Crippen molar-refractivity contribution in [3.63, 3.8) is 0 Å². The van der Waals surface area contributed by atoms with E-state index in [4.69, 9.17) is 5.73 Å². The highest BCUT2D eigenvalue weighted by Crippen LogP contribution is 2.16. The van der Waals surface area contributed by atoms with E-state index in [-0.39, 0.29) is 0 Å². The van der Waals surface area contributed by atoms with Gasteiger partial charge in [-0.2, -0.15) is 0 Å². The molecule has 1 heterocycles. The summed E-state index contributed by atoms with van der Waals surface area (Å²) in [6.07, 6.45) is 3.69. The molecule has 0 aliphatic carbocycles. The predicted octanol–water partition coefficient (Wildman–Crippen LogP) is 1.69. The molecule has 0 aliphatic heterocycles. The first-order chi connectivity index (χ1) is 4.74. The number of hydrogen-bond donors (Lipinski definition) is 1. The van der Waals surface area contributed by atoms with Gasteiger partial charge in [0.2, 0.25) is 0 Å².